The van der Waals surface area contributed by atoms with Crippen molar-refractivity contribution in [3.63, 3.8) is 0 Å². The van der Waals surface area contributed by atoms with Crippen molar-refractivity contribution in [2.24, 2.45) is 5.92 Å². The Morgan fingerprint density at radius 2 is 2.23 bits per heavy atom. The zero-order valence-electron chi connectivity index (χ0n) is 9.01. The predicted molar refractivity (Wildman–Crippen MR) is 55.9 cm³/mol. The average molecular weight is 185 g/mol. The van der Waals surface area contributed by atoms with Crippen molar-refractivity contribution >= 4 is 0 Å². The van der Waals surface area contributed by atoms with E-state index in [2.05, 4.69) is 19.2 Å². The number of rotatable bonds is 8. The molecule has 1 N–H and O–H groups in total. The number of hydrogen-bond acceptors (Lipinski definition) is 2. The van der Waals surface area contributed by atoms with Crippen molar-refractivity contribution < 1.29 is 4.74 Å². The third-order valence-electron chi connectivity index (χ3n) is 2.52. The van der Waals surface area contributed by atoms with Crippen LogP contribution >= 0.6 is 0 Å². The second kappa shape index (κ2) is 6.39. The van der Waals surface area contributed by atoms with Gasteiger partial charge in [-0.3, -0.25) is 0 Å². The summed E-state index contributed by atoms with van der Waals surface area (Å²) < 4.78 is 5.30. The summed E-state index contributed by atoms with van der Waals surface area (Å²) in [4.78, 5) is 0. The van der Waals surface area contributed by atoms with Crippen LogP contribution in [0.15, 0.2) is 0 Å². The summed E-state index contributed by atoms with van der Waals surface area (Å²) in [5, 5.41) is 3.56. The molecule has 1 aliphatic rings. The van der Waals surface area contributed by atoms with Gasteiger partial charge in [0.2, 0.25) is 0 Å². The van der Waals surface area contributed by atoms with Crippen LogP contribution in [0.5, 0.6) is 0 Å². The van der Waals surface area contributed by atoms with Crippen molar-refractivity contribution in [1.82, 2.24) is 5.32 Å². The molecule has 0 aliphatic heterocycles. The minimum Gasteiger partial charge on any atom is -0.382 e. The van der Waals surface area contributed by atoms with Crippen molar-refractivity contribution in [2.75, 3.05) is 19.8 Å². The minimum absolute atomic E-state index is 0.807. The van der Waals surface area contributed by atoms with E-state index in [1.807, 2.05) is 0 Å². The van der Waals surface area contributed by atoms with Crippen LogP contribution in [0.3, 0.4) is 0 Å². The van der Waals surface area contributed by atoms with Gasteiger partial charge in [0.25, 0.3) is 0 Å². The fourth-order valence-corrected chi connectivity index (χ4v) is 1.44. The SMILES string of the molecule is CCOCCCC(C)CNC1CC1. The number of hydrogen-bond donors (Lipinski definition) is 1. The molecular weight excluding hydrogens is 162 g/mol. The molecule has 0 bridgehead atoms. The Morgan fingerprint density at radius 1 is 1.46 bits per heavy atom. The van der Waals surface area contributed by atoms with Crippen molar-refractivity contribution in [3.05, 3.63) is 0 Å². The van der Waals surface area contributed by atoms with Crippen LogP contribution in [0.1, 0.15) is 39.5 Å². The molecule has 0 spiro atoms. The van der Waals surface area contributed by atoms with E-state index in [-0.39, 0.29) is 0 Å². The third kappa shape index (κ3) is 6.05. The van der Waals surface area contributed by atoms with E-state index in [0.717, 1.165) is 25.2 Å². The Morgan fingerprint density at radius 3 is 2.85 bits per heavy atom. The molecular formula is C11H23NO. The standard InChI is InChI=1S/C11H23NO/c1-3-13-8-4-5-10(2)9-12-11-6-7-11/h10-12H,3-9H2,1-2H3. The Bertz CT molecular complexity index is 123. The zero-order valence-corrected chi connectivity index (χ0v) is 9.01. The van der Waals surface area contributed by atoms with E-state index in [1.54, 1.807) is 0 Å². The summed E-state index contributed by atoms with van der Waals surface area (Å²) in [6.45, 7) is 7.36. The lowest BCUT2D eigenvalue weighted by Crippen LogP contribution is -2.23. The molecule has 0 aromatic rings. The van der Waals surface area contributed by atoms with Crippen molar-refractivity contribution in [2.45, 2.75) is 45.6 Å². The van der Waals surface area contributed by atoms with Crippen LogP contribution in [0.2, 0.25) is 0 Å². The molecule has 0 aromatic heterocycles. The van der Waals surface area contributed by atoms with E-state index >= 15 is 0 Å². The first kappa shape index (κ1) is 11.0. The van der Waals surface area contributed by atoms with Crippen LogP contribution in [0.25, 0.3) is 0 Å². The first-order valence-electron chi connectivity index (χ1n) is 5.64. The van der Waals surface area contributed by atoms with Gasteiger partial charge in [-0.25, -0.2) is 0 Å². The zero-order chi connectivity index (χ0) is 9.52. The summed E-state index contributed by atoms with van der Waals surface area (Å²) in [6, 6.07) is 0.856. The molecule has 1 aliphatic carbocycles. The maximum Gasteiger partial charge on any atom is 0.0466 e. The van der Waals surface area contributed by atoms with Crippen LogP contribution in [0, 0.1) is 5.92 Å². The van der Waals surface area contributed by atoms with Crippen LogP contribution < -0.4 is 5.32 Å². The topological polar surface area (TPSA) is 21.3 Å². The fraction of sp³-hybridized carbons (Fsp3) is 1.00. The normalized spacial score (nSPS) is 18.9. The van der Waals surface area contributed by atoms with Crippen molar-refractivity contribution in [3.8, 4) is 0 Å². The van der Waals surface area contributed by atoms with Gasteiger partial charge in [-0.15, -0.1) is 0 Å². The lowest BCUT2D eigenvalue weighted by Gasteiger charge is -2.11. The molecule has 0 saturated heterocycles. The Kier molecular flexibility index (Phi) is 5.40. The Balaban J connectivity index is 1.81. The summed E-state index contributed by atoms with van der Waals surface area (Å²) in [7, 11) is 0. The third-order valence-corrected chi connectivity index (χ3v) is 2.52. The van der Waals surface area contributed by atoms with Gasteiger partial charge in [-0.2, -0.15) is 0 Å². The lowest BCUT2D eigenvalue weighted by atomic mass is 10.1. The molecule has 1 unspecified atom stereocenters. The maximum absolute atomic E-state index is 5.30. The molecule has 1 saturated carbocycles. The summed E-state index contributed by atoms with van der Waals surface area (Å²) >= 11 is 0. The van der Waals surface area contributed by atoms with Gasteiger partial charge in [0.1, 0.15) is 0 Å². The quantitative estimate of drug-likeness (QED) is 0.585. The van der Waals surface area contributed by atoms with Gasteiger partial charge in [-0.05, 0) is 45.1 Å². The largest absolute Gasteiger partial charge is 0.382 e. The van der Waals surface area contributed by atoms with Gasteiger partial charge in [0, 0.05) is 19.3 Å². The van der Waals surface area contributed by atoms with E-state index in [4.69, 9.17) is 4.74 Å². The molecule has 1 rings (SSSR count). The van der Waals surface area contributed by atoms with Crippen LogP contribution in [-0.4, -0.2) is 25.8 Å². The van der Waals surface area contributed by atoms with Gasteiger partial charge >= 0.3 is 0 Å². The predicted octanol–water partition coefficient (Wildman–Crippen LogP) is 2.19. The Labute approximate surface area is 82.0 Å². The highest BCUT2D eigenvalue weighted by atomic mass is 16.5. The molecule has 0 heterocycles. The molecule has 1 fully saturated rings. The average Bonchev–Trinajstić information content (AvgIpc) is 2.92. The highest BCUT2D eigenvalue weighted by Crippen LogP contribution is 2.19. The molecule has 2 heteroatoms. The Hall–Kier alpha value is -0.0800. The second-order valence-corrected chi connectivity index (χ2v) is 4.13. The monoisotopic (exact) mass is 185 g/mol. The van der Waals surface area contributed by atoms with E-state index in [1.165, 1.54) is 32.2 Å². The van der Waals surface area contributed by atoms with E-state index in [9.17, 15) is 0 Å². The summed E-state index contributed by atoms with van der Waals surface area (Å²) in [5.41, 5.74) is 0. The highest BCUT2D eigenvalue weighted by Gasteiger charge is 2.20. The number of ether oxygens (including phenoxy) is 1. The molecule has 0 amide bonds. The van der Waals surface area contributed by atoms with Gasteiger partial charge in [0.15, 0.2) is 0 Å². The molecule has 0 aromatic carbocycles. The molecule has 78 valence electrons. The van der Waals surface area contributed by atoms with Gasteiger partial charge < -0.3 is 10.1 Å². The van der Waals surface area contributed by atoms with Crippen LogP contribution in [-0.2, 0) is 4.74 Å². The molecule has 2 nitrogen and oxygen atoms in total. The molecule has 13 heavy (non-hydrogen) atoms. The molecule has 0 radical (unpaired) electrons. The van der Waals surface area contributed by atoms with Crippen LogP contribution in [0.4, 0.5) is 0 Å². The smallest absolute Gasteiger partial charge is 0.0466 e. The maximum atomic E-state index is 5.30. The number of nitrogens with one attached hydrogen (secondary N) is 1. The van der Waals surface area contributed by atoms with E-state index in [0.29, 0.717) is 0 Å². The highest BCUT2D eigenvalue weighted by molar-refractivity contribution is 4.81. The molecule has 1 atom stereocenters. The summed E-state index contributed by atoms with van der Waals surface area (Å²) in [5.74, 6) is 0.807. The summed E-state index contributed by atoms with van der Waals surface area (Å²) in [6.07, 6.45) is 5.29. The van der Waals surface area contributed by atoms with E-state index < -0.39 is 0 Å². The van der Waals surface area contributed by atoms with Gasteiger partial charge in [-0.1, -0.05) is 6.92 Å². The van der Waals surface area contributed by atoms with Crippen molar-refractivity contribution in [1.29, 1.82) is 0 Å². The fourth-order valence-electron chi connectivity index (χ4n) is 1.44. The minimum atomic E-state index is 0.807. The first-order chi connectivity index (χ1) is 6.33. The first-order valence-corrected chi connectivity index (χ1v) is 5.64. The second-order valence-electron chi connectivity index (χ2n) is 4.13. The lowest BCUT2D eigenvalue weighted by molar-refractivity contribution is 0.140. The van der Waals surface area contributed by atoms with Gasteiger partial charge in [0.05, 0.1) is 0 Å².